The van der Waals surface area contributed by atoms with Crippen molar-refractivity contribution in [3.8, 4) is 11.5 Å². The maximum atomic E-state index is 10.1. The van der Waals surface area contributed by atoms with Gasteiger partial charge < -0.3 is 10.2 Å². The number of aromatic hydroxyl groups is 2. The van der Waals surface area contributed by atoms with Crippen molar-refractivity contribution in [1.82, 2.24) is 0 Å². The Morgan fingerprint density at radius 1 is 0.692 bits per heavy atom. The van der Waals surface area contributed by atoms with Crippen LogP contribution in [0.1, 0.15) is 39.3 Å². The Morgan fingerprint density at radius 3 is 1.85 bits per heavy atom. The third-order valence-corrected chi connectivity index (χ3v) is 6.38. The van der Waals surface area contributed by atoms with Crippen LogP contribution in [0.15, 0.2) is 48.5 Å². The molecular formula is C22H20I2O2. The Bertz CT molecular complexity index is 905. The molecule has 0 saturated carbocycles. The number of phenolic OH excluding ortho intramolecular Hbond substituents is 2. The van der Waals surface area contributed by atoms with E-state index in [-0.39, 0.29) is 5.92 Å². The number of benzene rings is 3. The Balaban J connectivity index is 2.29. The second kappa shape index (κ2) is 7.76. The minimum Gasteiger partial charge on any atom is -0.508 e. The fraction of sp³-hybridized carbons (Fsp3) is 0.182. The van der Waals surface area contributed by atoms with Crippen LogP contribution in [0, 0.1) is 27.9 Å². The second-order valence-corrected chi connectivity index (χ2v) is 9.05. The molecule has 1 unspecified atom stereocenters. The molecule has 0 amide bonds. The van der Waals surface area contributed by atoms with E-state index in [2.05, 4.69) is 81.6 Å². The van der Waals surface area contributed by atoms with Crippen LogP contribution in [0.5, 0.6) is 11.5 Å². The summed E-state index contributed by atoms with van der Waals surface area (Å²) in [7, 11) is 0. The molecule has 2 N–H and O–H groups in total. The monoisotopic (exact) mass is 570 g/mol. The van der Waals surface area contributed by atoms with Gasteiger partial charge in [-0.25, -0.2) is 0 Å². The van der Waals surface area contributed by atoms with Gasteiger partial charge >= 0.3 is 0 Å². The molecule has 1 atom stereocenters. The van der Waals surface area contributed by atoms with Gasteiger partial charge in [0.15, 0.2) is 0 Å². The minimum atomic E-state index is 0.0394. The molecule has 0 aliphatic rings. The molecule has 0 saturated heterocycles. The SMILES string of the molecule is Cc1cc(C(c2ccc(I)cc2)c2cc(C)c(O)cc2I)c(C)cc1O. The largest absolute Gasteiger partial charge is 0.508 e. The average Bonchev–Trinajstić information content (AvgIpc) is 2.58. The van der Waals surface area contributed by atoms with E-state index in [4.69, 9.17) is 0 Å². The van der Waals surface area contributed by atoms with Gasteiger partial charge in [0.05, 0.1) is 0 Å². The van der Waals surface area contributed by atoms with E-state index < -0.39 is 0 Å². The van der Waals surface area contributed by atoms with Gasteiger partial charge in [0.1, 0.15) is 11.5 Å². The molecule has 26 heavy (non-hydrogen) atoms. The maximum absolute atomic E-state index is 10.1. The lowest BCUT2D eigenvalue weighted by atomic mass is 9.82. The zero-order valence-electron chi connectivity index (χ0n) is 14.8. The van der Waals surface area contributed by atoms with E-state index in [9.17, 15) is 10.2 Å². The fourth-order valence-corrected chi connectivity index (χ4v) is 4.35. The minimum absolute atomic E-state index is 0.0394. The number of hydrogen-bond donors (Lipinski definition) is 2. The molecule has 0 fully saturated rings. The molecule has 3 aromatic carbocycles. The summed E-state index contributed by atoms with van der Waals surface area (Å²) in [5.74, 6) is 0.680. The van der Waals surface area contributed by atoms with Gasteiger partial charge in [0.2, 0.25) is 0 Å². The number of halogens is 2. The van der Waals surface area contributed by atoms with Crippen LogP contribution in [0.4, 0.5) is 0 Å². The Morgan fingerprint density at radius 2 is 1.23 bits per heavy atom. The summed E-state index contributed by atoms with van der Waals surface area (Å²) in [6.07, 6.45) is 0. The third kappa shape index (κ3) is 3.86. The summed E-state index contributed by atoms with van der Waals surface area (Å²) in [5, 5.41) is 20.2. The number of hydrogen-bond acceptors (Lipinski definition) is 2. The standard InChI is InChI=1S/C22H20I2O2/c1-12-10-20(25)13(2)8-17(12)22(15-4-6-16(23)7-5-15)18-9-14(3)21(26)11-19(18)24/h4-11,22,25-26H,1-3H3. The lowest BCUT2D eigenvalue weighted by Crippen LogP contribution is -2.08. The maximum Gasteiger partial charge on any atom is 0.119 e. The number of rotatable bonds is 3. The van der Waals surface area contributed by atoms with E-state index in [1.165, 1.54) is 14.7 Å². The van der Waals surface area contributed by atoms with E-state index in [0.717, 1.165) is 25.8 Å². The molecule has 0 aliphatic carbocycles. The van der Waals surface area contributed by atoms with Gasteiger partial charge in [-0.1, -0.05) is 24.3 Å². The number of aryl methyl sites for hydroxylation is 3. The molecule has 2 nitrogen and oxygen atoms in total. The fourth-order valence-electron chi connectivity index (χ4n) is 3.23. The Kier molecular flexibility index (Phi) is 5.81. The molecule has 0 spiro atoms. The quantitative estimate of drug-likeness (QED) is 0.282. The van der Waals surface area contributed by atoms with Crippen molar-refractivity contribution in [2.45, 2.75) is 26.7 Å². The van der Waals surface area contributed by atoms with Crippen molar-refractivity contribution in [3.63, 3.8) is 0 Å². The summed E-state index contributed by atoms with van der Waals surface area (Å²) in [5.41, 5.74) is 6.32. The van der Waals surface area contributed by atoms with Crippen LogP contribution < -0.4 is 0 Å². The highest BCUT2D eigenvalue weighted by Crippen LogP contribution is 2.40. The normalized spacial score (nSPS) is 12.2. The van der Waals surface area contributed by atoms with Crippen LogP contribution in [-0.4, -0.2) is 10.2 Å². The third-order valence-electron chi connectivity index (χ3n) is 4.73. The van der Waals surface area contributed by atoms with Crippen LogP contribution in [0.2, 0.25) is 0 Å². The van der Waals surface area contributed by atoms with E-state index in [1.807, 2.05) is 32.9 Å². The first-order valence-electron chi connectivity index (χ1n) is 8.32. The van der Waals surface area contributed by atoms with Crippen molar-refractivity contribution in [2.75, 3.05) is 0 Å². The van der Waals surface area contributed by atoms with Crippen LogP contribution in [-0.2, 0) is 0 Å². The average molecular weight is 570 g/mol. The van der Waals surface area contributed by atoms with Gasteiger partial charge in [-0.3, -0.25) is 0 Å². The lowest BCUT2D eigenvalue weighted by Gasteiger charge is -2.24. The van der Waals surface area contributed by atoms with E-state index >= 15 is 0 Å². The highest BCUT2D eigenvalue weighted by molar-refractivity contribution is 14.1. The molecule has 134 valence electrons. The molecule has 3 aromatic rings. The summed E-state index contributed by atoms with van der Waals surface area (Å²) in [6, 6.07) is 16.4. The molecule has 3 rings (SSSR count). The van der Waals surface area contributed by atoms with Gasteiger partial charge in [-0.05, 0) is 124 Å². The summed E-state index contributed by atoms with van der Waals surface area (Å²) < 4.78 is 2.22. The summed E-state index contributed by atoms with van der Waals surface area (Å²) in [6.45, 7) is 5.89. The van der Waals surface area contributed by atoms with Crippen molar-refractivity contribution in [1.29, 1.82) is 0 Å². The first-order chi connectivity index (χ1) is 12.3. The van der Waals surface area contributed by atoms with E-state index in [1.54, 1.807) is 0 Å². The van der Waals surface area contributed by atoms with Crippen LogP contribution in [0.25, 0.3) is 0 Å². The molecule has 0 aliphatic heterocycles. The summed E-state index contributed by atoms with van der Waals surface area (Å²) in [4.78, 5) is 0. The van der Waals surface area contributed by atoms with Crippen LogP contribution >= 0.6 is 45.2 Å². The topological polar surface area (TPSA) is 40.5 Å². The zero-order valence-corrected chi connectivity index (χ0v) is 19.2. The van der Waals surface area contributed by atoms with Gasteiger partial charge in [0.25, 0.3) is 0 Å². The predicted molar refractivity (Wildman–Crippen MR) is 123 cm³/mol. The van der Waals surface area contributed by atoms with Crippen molar-refractivity contribution in [2.24, 2.45) is 0 Å². The predicted octanol–water partition coefficient (Wildman–Crippen LogP) is 6.41. The molecule has 0 aromatic heterocycles. The van der Waals surface area contributed by atoms with Gasteiger partial charge in [-0.2, -0.15) is 0 Å². The summed E-state index contributed by atoms with van der Waals surface area (Å²) >= 11 is 4.61. The first-order valence-corrected chi connectivity index (χ1v) is 10.5. The van der Waals surface area contributed by atoms with Crippen LogP contribution in [0.3, 0.4) is 0 Å². The Hall–Kier alpha value is -1.28. The second-order valence-electron chi connectivity index (χ2n) is 6.64. The molecule has 0 radical (unpaired) electrons. The zero-order chi connectivity index (χ0) is 19.0. The molecule has 0 heterocycles. The smallest absolute Gasteiger partial charge is 0.119 e. The lowest BCUT2D eigenvalue weighted by molar-refractivity contribution is 0.470. The van der Waals surface area contributed by atoms with Crippen molar-refractivity contribution in [3.05, 3.63) is 89.1 Å². The highest BCUT2D eigenvalue weighted by Gasteiger charge is 2.23. The first kappa shape index (κ1) is 19.5. The van der Waals surface area contributed by atoms with Gasteiger partial charge in [0, 0.05) is 13.1 Å². The number of phenols is 2. The molecule has 4 heteroatoms. The molecule has 0 bridgehead atoms. The Labute approximate surface area is 181 Å². The van der Waals surface area contributed by atoms with Crippen molar-refractivity contribution < 1.29 is 10.2 Å². The highest BCUT2D eigenvalue weighted by atomic mass is 127. The van der Waals surface area contributed by atoms with Gasteiger partial charge in [-0.15, -0.1) is 0 Å². The molecular weight excluding hydrogens is 550 g/mol. The van der Waals surface area contributed by atoms with Crippen molar-refractivity contribution >= 4 is 45.2 Å². The van der Waals surface area contributed by atoms with E-state index in [0.29, 0.717) is 11.5 Å².